The monoisotopic (exact) mass is 470 g/mol. The maximum Gasteiger partial charge on any atom is 0.306 e. The summed E-state index contributed by atoms with van der Waals surface area (Å²) in [6.07, 6.45) is 8.83. The van der Waals surface area contributed by atoms with E-state index < -0.39 is 5.97 Å². The Morgan fingerprint density at radius 3 is 2.62 bits per heavy atom. The molecule has 0 unspecified atom stereocenters. The third-order valence-corrected chi connectivity index (χ3v) is 6.89. The van der Waals surface area contributed by atoms with Crippen LogP contribution in [0.25, 0.3) is 11.4 Å². The largest absolute Gasteiger partial charge is 0.489 e. The lowest BCUT2D eigenvalue weighted by molar-refractivity contribution is -0.149. The highest BCUT2D eigenvalue weighted by Gasteiger charge is 2.28. The molecule has 0 aromatic carbocycles. The number of pyridine rings is 1. The Bertz CT molecular complexity index is 1010. The van der Waals surface area contributed by atoms with Crippen LogP contribution >= 0.6 is 0 Å². The van der Waals surface area contributed by atoms with Crippen molar-refractivity contribution in [3.05, 3.63) is 23.5 Å². The molecule has 0 bridgehead atoms. The van der Waals surface area contributed by atoms with Gasteiger partial charge in [0.1, 0.15) is 17.5 Å². The second kappa shape index (κ2) is 11.0. The molecule has 9 nitrogen and oxygen atoms in total. The molecule has 2 atom stereocenters. The third-order valence-electron chi connectivity index (χ3n) is 6.89. The van der Waals surface area contributed by atoms with E-state index in [9.17, 15) is 14.7 Å². The van der Waals surface area contributed by atoms with Crippen molar-refractivity contribution in [2.45, 2.75) is 89.8 Å². The first-order valence-corrected chi connectivity index (χ1v) is 12.4. The molecule has 184 valence electrons. The van der Waals surface area contributed by atoms with Crippen LogP contribution in [0.5, 0.6) is 5.75 Å². The summed E-state index contributed by atoms with van der Waals surface area (Å²) < 4.78 is 13.4. The molecule has 2 heterocycles. The number of aryl methyl sites for hydroxylation is 2. The summed E-state index contributed by atoms with van der Waals surface area (Å²) in [6.45, 7) is 1.88. The summed E-state index contributed by atoms with van der Waals surface area (Å²) in [5.41, 5.74) is 3.05. The van der Waals surface area contributed by atoms with Gasteiger partial charge in [-0.25, -0.2) is 4.98 Å². The predicted molar refractivity (Wildman–Crippen MR) is 124 cm³/mol. The Morgan fingerprint density at radius 2 is 1.88 bits per heavy atom. The highest BCUT2D eigenvalue weighted by Crippen LogP contribution is 2.30. The zero-order chi connectivity index (χ0) is 24.1. The molecule has 2 aromatic rings. The molecule has 9 heteroatoms. The fraction of sp³-hybridized carbons (Fsp3) is 0.640. The standard InChI is InChI=1S/C25H34N4O5/c1-16-22(33-19-10-5-7-17(15-19)25(31)32)14-13-20(26-16)24-21(29(2)28-27-24)11-6-12-23(30)34-18-8-3-4-9-18/h13-14,17-19H,3-12,15H2,1-2H3,(H,31,32)/t17-,19-/m0/s1. The van der Waals surface area contributed by atoms with Gasteiger partial charge in [-0.1, -0.05) is 5.21 Å². The van der Waals surface area contributed by atoms with Crippen LogP contribution in [0.3, 0.4) is 0 Å². The molecule has 0 aliphatic heterocycles. The number of carbonyl (C=O) groups is 2. The van der Waals surface area contributed by atoms with Gasteiger partial charge in [0.2, 0.25) is 0 Å². The lowest BCUT2D eigenvalue weighted by atomic mass is 9.87. The van der Waals surface area contributed by atoms with Crippen molar-refractivity contribution >= 4 is 11.9 Å². The zero-order valence-corrected chi connectivity index (χ0v) is 20.0. The number of hydrogen-bond acceptors (Lipinski definition) is 7. The van der Waals surface area contributed by atoms with Gasteiger partial charge in [-0.15, -0.1) is 5.10 Å². The Morgan fingerprint density at radius 1 is 1.12 bits per heavy atom. The average Bonchev–Trinajstić information content (AvgIpc) is 3.45. The van der Waals surface area contributed by atoms with E-state index in [1.165, 1.54) is 0 Å². The molecule has 0 radical (unpaired) electrons. The summed E-state index contributed by atoms with van der Waals surface area (Å²) in [4.78, 5) is 28.2. The fourth-order valence-corrected chi connectivity index (χ4v) is 4.97. The minimum atomic E-state index is -0.750. The van der Waals surface area contributed by atoms with Gasteiger partial charge >= 0.3 is 11.9 Å². The smallest absolute Gasteiger partial charge is 0.306 e. The van der Waals surface area contributed by atoms with Crippen LogP contribution in [0, 0.1) is 12.8 Å². The molecule has 2 aliphatic carbocycles. The maximum absolute atomic E-state index is 12.2. The van der Waals surface area contributed by atoms with E-state index in [1.54, 1.807) is 4.68 Å². The summed E-state index contributed by atoms with van der Waals surface area (Å²) in [7, 11) is 1.84. The van der Waals surface area contributed by atoms with Crippen molar-refractivity contribution < 1.29 is 24.2 Å². The molecule has 0 saturated heterocycles. The van der Waals surface area contributed by atoms with Crippen LogP contribution in [0.1, 0.15) is 75.6 Å². The molecule has 2 aliphatic rings. The second-order valence-electron chi connectivity index (χ2n) is 9.48. The van der Waals surface area contributed by atoms with Gasteiger partial charge in [-0.2, -0.15) is 0 Å². The number of esters is 1. The minimum Gasteiger partial charge on any atom is -0.489 e. The first kappa shape index (κ1) is 24.2. The molecule has 2 fully saturated rings. The van der Waals surface area contributed by atoms with E-state index in [4.69, 9.17) is 14.5 Å². The lowest BCUT2D eigenvalue weighted by Crippen LogP contribution is -2.29. The number of hydrogen-bond donors (Lipinski definition) is 1. The average molecular weight is 471 g/mol. The van der Waals surface area contributed by atoms with Gasteiger partial charge in [-0.05, 0) is 83.3 Å². The van der Waals surface area contributed by atoms with Crippen LogP contribution in [0.15, 0.2) is 12.1 Å². The van der Waals surface area contributed by atoms with Gasteiger partial charge in [0.25, 0.3) is 0 Å². The SMILES string of the molecule is Cc1nc(-c2nnn(C)c2CCCC(=O)OC2CCCC2)ccc1O[C@H]1CCC[C@H](C(=O)O)C1. The third kappa shape index (κ3) is 5.93. The highest BCUT2D eigenvalue weighted by atomic mass is 16.5. The number of carboxylic acid groups (broad SMARTS) is 1. The Balaban J connectivity index is 1.37. The van der Waals surface area contributed by atoms with Crippen LogP contribution in [0.2, 0.25) is 0 Å². The molecule has 34 heavy (non-hydrogen) atoms. The summed E-state index contributed by atoms with van der Waals surface area (Å²) in [6, 6.07) is 3.74. The van der Waals surface area contributed by atoms with E-state index in [2.05, 4.69) is 10.3 Å². The maximum atomic E-state index is 12.2. The number of aromatic nitrogens is 4. The topological polar surface area (TPSA) is 116 Å². The van der Waals surface area contributed by atoms with Gasteiger partial charge in [0.15, 0.2) is 0 Å². The molecular weight excluding hydrogens is 436 g/mol. The normalized spacial score (nSPS) is 20.9. The first-order valence-electron chi connectivity index (χ1n) is 12.4. The zero-order valence-electron chi connectivity index (χ0n) is 20.0. The number of carbonyl (C=O) groups excluding carboxylic acids is 1. The van der Waals surface area contributed by atoms with Crippen molar-refractivity contribution in [2.24, 2.45) is 13.0 Å². The second-order valence-corrected chi connectivity index (χ2v) is 9.48. The van der Waals surface area contributed by atoms with E-state index >= 15 is 0 Å². The van der Waals surface area contributed by atoms with E-state index in [-0.39, 0.29) is 24.1 Å². The molecule has 2 saturated carbocycles. The summed E-state index contributed by atoms with van der Waals surface area (Å²) >= 11 is 0. The van der Waals surface area contributed by atoms with Gasteiger partial charge in [0, 0.05) is 13.5 Å². The molecule has 1 N–H and O–H groups in total. The minimum absolute atomic E-state index is 0.0953. The first-order chi connectivity index (χ1) is 16.4. The van der Waals surface area contributed by atoms with Crippen molar-refractivity contribution in [2.75, 3.05) is 0 Å². The van der Waals surface area contributed by atoms with E-state index in [0.717, 1.165) is 49.9 Å². The van der Waals surface area contributed by atoms with Gasteiger partial charge < -0.3 is 14.6 Å². The van der Waals surface area contributed by atoms with Crippen molar-refractivity contribution in [3.8, 4) is 17.1 Å². The van der Waals surface area contributed by atoms with Crippen LogP contribution < -0.4 is 4.74 Å². The fourth-order valence-electron chi connectivity index (χ4n) is 4.97. The molecule has 4 rings (SSSR count). The number of ether oxygens (including phenoxy) is 2. The summed E-state index contributed by atoms with van der Waals surface area (Å²) in [5.74, 6) is -0.559. The number of rotatable bonds is 9. The molecular formula is C25H34N4O5. The summed E-state index contributed by atoms with van der Waals surface area (Å²) in [5, 5.41) is 17.8. The number of carboxylic acids is 1. The van der Waals surface area contributed by atoms with Crippen molar-refractivity contribution in [1.29, 1.82) is 0 Å². The van der Waals surface area contributed by atoms with Gasteiger partial charge in [-0.3, -0.25) is 14.3 Å². The van der Waals surface area contributed by atoms with Crippen LogP contribution in [-0.4, -0.2) is 49.2 Å². The molecule has 0 spiro atoms. The van der Waals surface area contributed by atoms with Gasteiger partial charge in [0.05, 0.1) is 29.1 Å². The number of nitrogens with zero attached hydrogens (tertiary/aromatic N) is 4. The molecule has 0 amide bonds. The lowest BCUT2D eigenvalue weighted by Gasteiger charge is -2.27. The van der Waals surface area contributed by atoms with E-state index in [1.807, 2.05) is 26.1 Å². The predicted octanol–water partition coefficient (Wildman–Crippen LogP) is 4.02. The van der Waals surface area contributed by atoms with Crippen LogP contribution in [0.4, 0.5) is 0 Å². The molecule has 2 aromatic heterocycles. The Labute approximate surface area is 199 Å². The van der Waals surface area contributed by atoms with Crippen molar-refractivity contribution in [1.82, 2.24) is 20.0 Å². The Hall–Kier alpha value is -2.97. The Kier molecular flexibility index (Phi) is 7.80. The highest BCUT2D eigenvalue weighted by molar-refractivity contribution is 5.70. The number of aliphatic carboxylic acids is 1. The quantitative estimate of drug-likeness (QED) is 0.546. The van der Waals surface area contributed by atoms with E-state index in [0.29, 0.717) is 49.2 Å². The van der Waals surface area contributed by atoms with Crippen molar-refractivity contribution in [3.63, 3.8) is 0 Å². The van der Waals surface area contributed by atoms with Crippen LogP contribution in [-0.2, 0) is 27.8 Å².